The lowest BCUT2D eigenvalue weighted by atomic mass is 10.1. The summed E-state index contributed by atoms with van der Waals surface area (Å²) in [5, 5.41) is 16.0. The van der Waals surface area contributed by atoms with Gasteiger partial charge in [0.2, 0.25) is 23.6 Å². The van der Waals surface area contributed by atoms with Crippen LogP contribution in [-0.4, -0.2) is 83.9 Å². The van der Waals surface area contributed by atoms with E-state index in [-0.39, 0.29) is 18.9 Å². The number of carbonyl (C=O) groups is 5. The third kappa shape index (κ3) is 13.3. The van der Waals surface area contributed by atoms with Crippen molar-refractivity contribution in [2.45, 2.75) is 43.8 Å². The number of nitrogens with zero attached hydrogens (tertiary/aromatic N) is 1. The van der Waals surface area contributed by atoms with Crippen molar-refractivity contribution < 1.29 is 29.1 Å². The van der Waals surface area contributed by atoms with Gasteiger partial charge < -0.3 is 44.0 Å². The number of carboxylic acids is 1. The van der Waals surface area contributed by atoms with Crippen LogP contribution in [0.25, 0.3) is 0 Å². The number of aliphatic carboxylic acids is 1. The van der Waals surface area contributed by atoms with E-state index in [0.717, 1.165) is 0 Å². The molecule has 0 fully saturated rings. The first kappa shape index (κ1) is 28.9. The molecule has 12 N–H and O–H groups in total. The van der Waals surface area contributed by atoms with Gasteiger partial charge in [0.25, 0.3) is 0 Å². The second kappa shape index (κ2) is 15.7. The maximum atomic E-state index is 12.3. The van der Waals surface area contributed by atoms with Gasteiger partial charge in [-0.2, -0.15) is 11.8 Å². The van der Waals surface area contributed by atoms with Gasteiger partial charge in [0, 0.05) is 6.54 Å². The molecule has 0 aliphatic heterocycles. The Morgan fingerprint density at radius 2 is 1.66 bits per heavy atom. The molecule has 14 nitrogen and oxygen atoms in total. The molecule has 0 aromatic heterocycles. The first-order valence-electron chi connectivity index (χ1n) is 9.66. The zero-order valence-corrected chi connectivity index (χ0v) is 18.7. The summed E-state index contributed by atoms with van der Waals surface area (Å²) in [4.78, 5) is 62.8. The van der Waals surface area contributed by atoms with Gasteiger partial charge in [-0.05, 0) is 31.3 Å². The number of carbonyl (C=O) groups excluding carboxylic acids is 4. The predicted molar refractivity (Wildman–Crippen MR) is 119 cm³/mol. The topological polar surface area (TPSA) is 258 Å². The molecule has 0 bridgehead atoms. The van der Waals surface area contributed by atoms with Gasteiger partial charge in [0.1, 0.15) is 12.1 Å². The molecule has 0 spiro atoms. The highest BCUT2D eigenvalue weighted by molar-refractivity contribution is 7.98. The number of nitrogens with one attached hydrogen (secondary N) is 3. The van der Waals surface area contributed by atoms with Gasteiger partial charge in [-0.25, -0.2) is 4.79 Å². The Morgan fingerprint density at radius 1 is 1.00 bits per heavy atom. The number of amides is 4. The van der Waals surface area contributed by atoms with Crippen LogP contribution in [0.15, 0.2) is 4.99 Å². The monoisotopic (exact) mass is 476 g/mol. The van der Waals surface area contributed by atoms with E-state index in [1.165, 1.54) is 11.8 Å². The molecule has 0 aromatic carbocycles. The number of hydrogen-bond acceptors (Lipinski definition) is 8. The number of aliphatic imine (C=N–C) groups is 1. The second-order valence-corrected chi connectivity index (χ2v) is 7.73. The Hall–Kier alpha value is -3.07. The number of carboxylic acid groups (broad SMARTS) is 1. The van der Waals surface area contributed by atoms with Crippen LogP contribution in [0, 0.1) is 0 Å². The lowest BCUT2D eigenvalue weighted by Crippen LogP contribution is -2.54. The molecular weight excluding hydrogens is 444 g/mol. The van der Waals surface area contributed by atoms with Crippen LogP contribution in [-0.2, 0) is 24.0 Å². The van der Waals surface area contributed by atoms with E-state index in [1.54, 1.807) is 0 Å². The number of hydrogen-bond donors (Lipinski definition) is 8. The normalized spacial score (nSPS) is 13.2. The van der Waals surface area contributed by atoms with E-state index >= 15 is 0 Å². The minimum Gasteiger partial charge on any atom is -0.480 e. The SMILES string of the molecule is CSCCC(N)C(=O)NC(CC(N)=O)C(=O)NCC(=O)NC(CCCN=C(N)N)C(=O)O. The van der Waals surface area contributed by atoms with E-state index in [0.29, 0.717) is 18.6 Å². The van der Waals surface area contributed by atoms with Crippen molar-refractivity contribution in [3.05, 3.63) is 0 Å². The zero-order valence-electron chi connectivity index (χ0n) is 17.8. The molecule has 0 aromatic rings. The maximum Gasteiger partial charge on any atom is 0.326 e. The van der Waals surface area contributed by atoms with Crippen LogP contribution in [0.1, 0.15) is 25.7 Å². The lowest BCUT2D eigenvalue weighted by molar-refractivity contribution is -0.142. The Bertz CT molecular complexity index is 701. The smallest absolute Gasteiger partial charge is 0.326 e. The van der Waals surface area contributed by atoms with Crippen molar-refractivity contribution >= 4 is 47.3 Å². The van der Waals surface area contributed by atoms with E-state index in [4.69, 9.17) is 22.9 Å². The van der Waals surface area contributed by atoms with Gasteiger partial charge in [-0.1, -0.05) is 0 Å². The predicted octanol–water partition coefficient (Wildman–Crippen LogP) is -3.83. The molecular formula is C17H32N8O6S. The van der Waals surface area contributed by atoms with Gasteiger partial charge >= 0.3 is 5.97 Å². The van der Waals surface area contributed by atoms with Gasteiger partial charge in [0.15, 0.2) is 5.96 Å². The molecule has 0 radical (unpaired) electrons. The molecule has 0 aliphatic carbocycles. The van der Waals surface area contributed by atoms with Crippen LogP contribution < -0.4 is 38.9 Å². The molecule has 4 amide bonds. The molecule has 0 rings (SSSR count). The summed E-state index contributed by atoms with van der Waals surface area (Å²) in [6.45, 7) is -0.396. The fourth-order valence-electron chi connectivity index (χ4n) is 2.36. The summed E-state index contributed by atoms with van der Waals surface area (Å²) in [6, 6.07) is -3.43. The Balaban J connectivity index is 4.78. The van der Waals surface area contributed by atoms with Gasteiger partial charge in [-0.15, -0.1) is 0 Å². The summed E-state index contributed by atoms with van der Waals surface area (Å²) in [7, 11) is 0. The molecule has 0 aliphatic rings. The molecule has 3 atom stereocenters. The summed E-state index contributed by atoms with van der Waals surface area (Å²) in [6.07, 6.45) is 2.06. The molecule has 0 saturated carbocycles. The van der Waals surface area contributed by atoms with Crippen LogP contribution in [0.3, 0.4) is 0 Å². The molecule has 3 unspecified atom stereocenters. The largest absolute Gasteiger partial charge is 0.480 e. The van der Waals surface area contributed by atoms with E-state index in [9.17, 15) is 29.1 Å². The average Bonchev–Trinajstić information content (AvgIpc) is 2.70. The minimum atomic E-state index is -1.33. The van der Waals surface area contributed by atoms with Gasteiger partial charge in [-0.3, -0.25) is 24.2 Å². The van der Waals surface area contributed by atoms with Crippen molar-refractivity contribution in [3.63, 3.8) is 0 Å². The zero-order chi connectivity index (χ0) is 24.7. The van der Waals surface area contributed by atoms with Crippen molar-refractivity contribution in [3.8, 4) is 0 Å². The summed E-state index contributed by atoms with van der Waals surface area (Å²) in [5.74, 6) is -3.90. The average molecular weight is 477 g/mol. The highest BCUT2D eigenvalue weighted by Gasteiger charge is 2.26. The molecule has 0 heterocycles. The van der Waals surface area contributed by atoms with E-state index < -0.39 is 60.7 Å². The summed E-state index contributed by atoms with van der Waals surface area (Å²) in [5.41, 5.74) is 21.2. The number of rotatable bonds is 16. The van der Waals surface area contributed by atoms with Crippen molar-refractivity contribution in [1.29, 1.82) is 0 Å². The number of guanidine groups is 1. The first-order chi connectivity index (χ1) is 15.0. The van der Waals surface area contributed by atoms with Crippen molar-refractivity contribution in [2.75, 3.05) is 25.1 Å². The third-order valence-electron chi connectivity index (χ3n) is 4.01. The molecule has 0 saturated heterocycles. The molecule has 15 heteroatoms. The quantitative estimate of drug-likeness (QED) is 0.0611. The van der Waals surface area contributed by atoms with Crippen molar-refractivity contribution in [1.82, 2.24) is 16.0 Å². The number of primary amides is 1. The van der Waals surface area contributed by atoms with Crippen molar-refractivity contribution in [2.24, 2.45) is 27.9 Å². The fourth-order valence-corrected chi connectivity index (χ4v) is 2.85. The van der Waals surface area contributed by atoms with E-state index in [2.05, 4.69) is 20.9 Å². The summed E-state index contributed by atoms with van der Waals surface area (Å²) < 4.78 is 0. The molecule has 32 heavy (non-hydrogen) atoms. The maximum absolute atomic E-state index is 12.3. The first-order valence-corrected chi connectivity index (χ1v) is 11.1. The lowest BCUT2D eigenvalue weighted by Gasteiger charge is -2.20. The minimum absolute atomic E-state index is 0.0556. The Labute approximate surface area is 189 Å². The highest BCUT2D eigenvalue weighted by Crippen LogP contribution is 2.01. The number of thioether (sulfide) groups is 1. The highest BCUT2D eigenvalue weighted by atomic mass is 32.2. The second-order valence-electron chi connectivity index (χ2n) is 6.74. The van der Waals surface area contributed by atoms with E-state index in [1.807, 2.05) is 6.26 Å². The van der Waals surface area contributed by atoms with Gasteiger partial charge in [0.05, 0.1) is 19.0 Å². The summed E-state index contributed by atoms with van der Waals surface area (Å²) >= 11 is 1.49. The molecule has 182 valence electrons. The third-order valence-corrected chi connectivity index (χ3v) is 4.65. The Kier molecular flexibility index (Phi) is 14.2. The standard InChI is InChI=1S/C17H32N8O6S/c1-32-6-4-9(18)14(28)25-11(7-12(19)26)15(29)23-8-13(27)24-10(16(30)31)3-2-5-22-17(20)21/h9-11H,2-8,18H2,1H3,(H2,19,26)(H,23,29)(H,24,27)(H,25,28)(H,30,31)(H4,20,21,22). The van der Waals surface area contributed by atoms with Crippen LogP contribution in [0.2, 0.25) is 0 Å². The number of nitrogens with two attached hydrogens (primary N) is 4. The Morgan fingerprint density at radius 3 is 2.19 bits per heavy atom. The van der Waals surface area contributed by atoms with Crippen LogP contribution >= 0.6 is 11.8 Å². The van der Waals surface area contributed by atoms with Crippen LogP contribution in [0.4, 0.5) is 0 Å². The fraction of sp³-hybridized carbons (Fsp3) is 0.647. The van der Waals surface area contributed by atoms with Crippen LogP contribution in [0.5, 0.6) is 0 Å².